The Labute approximate surface area is 214 Å². The van der Waals surface area contributed by atoms with Gasteiger partial charge in [0.25, 0.3) is 5.91 Å². The van der Waals surface area contributed by atoms with E-state index in [1.807, 2.05) is 53.8 Å². The molecule has 1 atom stereocenters. The van der Waals surface area contributed by atoms with Gasteiger partial charge in [-0.25, -0.2) is 5.01 Å². The summed E-state index contributed by atoms with van der Waals surface area (Å²) in [6, 6.07) is 15.2. The van der Waals surface area contributed by atoms with Crippen LogP contribution in [0, 0.1) is 0 Å². The minimum absolute atomic E-state index is 0.0132. The Morgan fingerprint density at radius 3 is 2.75 bits per heavy atom. The summed E-state index contributed by atoms with van der Waals surface area (Å²) < 4.78 is 5.53. The van der Waals surface area contributed by atoms with Crippen molar-refractivity contribution in [1.29, 1.82) is 0 Å². The number of hydrazone groups is 1. The Bertz CT molecular complexity index is 1230. The number of hydrogen-bond acceptors (Lipinski definition) is 10. The van der Waals surface area contributed by atoms with Crippen molar-refractivity contribution in [3.8, 4) is 5.75 Å². The lowest BCUT2D eigenvalue weighted by Crippen LogP contribution is -2.33. The summed E-state index contributed by atoms with van der Waals surface area (Å²) in [5, 5.41) is 17.2. The van der Waals surface area contributed by atoms with Gasteiger partial charge in [0.15, 0.2) is 11.2 Å². The zero-order chi connectivity index (χ0) is 25.5. The first-order valence-corrected chi connectivity index (χ1v) is 12.1. The maximum atomic E-state index is 12.2. The molecule has 2 heterocycles. The van der Waals surface area contributed by atoms with Gasteiger partial charge in [-0.3, -0.25) is 9.69 Å². The molecule has 1 N–H and O–H groups in total. The molecule has 0 aliphatic carbocycles. The minimum Gasteiger partial charge on any atom is -0.495 e. The molecule has 1 unspecified atom stereocenters. The zero-order valence-electron chi connectivity index (χ0n) is 20.5. The van der Waals surface area contributed by atoms with Crippen LogP contribution in [-0.4, -0.2) is 55.9 Å². The standard InChI is InChI=1S/C25H28N6O4S/c1-17-20(31-25(36-17)30(16-27-31)21-11-7-8-12-22(21)33-3)13-14-28-35-15-18-9-5-6-10-19(18)23(29-34-4)24(32)26-2/h5-12,14,16,25H,13,15H2,1-4H3,(H,26,32). The van der Waals surface area contributed by atoms with Crippen LogP contribution in [0.5, 0.6) is 5.75 Å². The van der Waals surface area contributed by atoms with Gasteiger partial charge in [0.05, 0.1) is 18.5 Å². The molecular weight excluding hydrogens is 480 g/mol. The molecule has 0 spiro atoms. The van der Waals surface area contributed by atoms with Crippen LogP contribution in [0.3, 0.4) is 0 Å². The van der Waals surface area contributed by atoms with Crippen molar-refractivity contribution in [2.75, 3.05) is 26.2 Å². The Morgan fingerprint density at radius 1 is 1.19 bits per heavy atom. The fourth-order valence-electron chi connectivity index (χ4n) is 3.88. The van der Waals surface area contributed by atoms with Crippen LogP contribution in [0.15, 0.2) is 74.5 Å². The van der Waals surface area contributed by atoms with Crippen LogP contribution >= 0.6 is 11.8 Å². The number of allylic oxidation sites excluding steroid dienone is 2. The number of oxime groups is 2. The first-order valence-electron chi connectivity index (χ1n) is 11.3. The second-order valence-electron chi connectivity index (χ2n) is 7.73. The first-order chi connectivity index (χ1) is 17.6. The van der Waals surface area contributed by atoms with Crippen LogP contribution in [0.4, 0.5) is 5.69 Å². The third kappa shape index (κ3) is 5.15. The maximum absolute atomic E-state index is 12.2. The van der Waals surface area contributed by atoms with E-state index in [9.17, 15) is 4.79 Å². The van der Waals surface area contributed by atoms with E-state index in [0.717, 1.165) is 22.7 Å². The van der Waals surface area contributed by atoms with Crippen molar-refractivity contribution in [3.63, 3.8) is 0 Å². The number of likely N-dealkylation sites (N-methyl/N-ethyl adjacent to an activating group) is 1. The predicted octanol–water partition coefficient (Wildman–Crippen LogP) is 3.71. The summed E-state index contributed by atoms with van der Waals surface area (Å²) in [6.07, 6.45) is 4.09. The Hall–Kier alpha value is -3.99. The van der Waals surface area contributed by atoms with Gasteiger partial charge in [-0.05, 0) is 19.1 Å². The second-order valence-corrected chi connectivity index (χ2v) is 9.00. The number of anilines is 1. The SMILES string of the molecule is CNC(=O)C(=NOC)c1ccccc1CON=CCC1=C(C)SC2N1N=CN2c1ccccc1OC. The van der Waals surface area contributed by atoms with Crippen LogP contribution in [0.1, 0.15) is 24.5 Å². The molecule has 1 amide bonds. The Kier molecular flexibility index (Phi) is 8.11. The number of ether oxygens (including phenoxy) is 1. The average molecular weight is 509 g/mol. The number of amides is 1. The van der Waals surface area contributed by atoms with Crippen LogP contribution < -0.4 is 15.0 Å². The molecule has 2 aliphatic rings. The molecule has 11 heteroatoms. The van der Waals surface area contributed by atoms with Gasteiger partial charge in [-0.1, -0.05) is 58.5 Å². The summed E-state index contributed by atoms with van der Waals surface area (Å²) in [4.78, 5) is 25.9. The Balaban J connectivity index is 1.38. The topological polar surface area (TPSA) is 100 Å². The molecule has 0 radical (unpaired) electrons. The van der Waals surface area contributed by atoms with Crippen LogP contribution in [-0.2, 0) is 21.1 Å². The van der Waals surface area contributed by atoms with Gasteiger partial charge in [0.1, 0.15) is 25.8 Å². The number of carbonyl (C=O) groups is 1. The van der Waals surface area contributed by atoms with E-state index >= 15 is 0 Å². The van der Waals surface area contributed by atoms with E-state index in [1.54, 1.807) is 38.2 Å². The normalized spacial score (nSPS) is 17.1. The number of nitrogens with one attached hydrogen (secondary N) is 1. The lowest BCUT2D eigenvalue weighted by molar-refractivity contribution is -0.114. The second kappa shape index (κ2) is 11.6. The largest absolute Gasteiger partial charge is 0.495 e. The molecule has 10 nitrogen and oxygen atoms in total. The third-order valence-electron chi connectivity index (χ3n) is 5.63. The van der Waals surface area contributed by atoms with E-state index < -0.39 is 0 Å². The number of rotatable bonds is 10. The highest BCUT2D eigenvalue weighted by atomic mass is 32.2. The average Bonchev–Trinajstić information content (AvgIpc) is 3.45. The van der Waals surface area contributed by atoms with E-state index in [0.29, 0.717) is 12.0 Å². The zero-order valence-corrected chi connectivity index (χ0v) is 21.4. The van der Waals surface area contributed by atoms with E-state index in [1.165, 1.54) is 12.0 Å². The minimum atomic E-state index is -0.350. The fraction of sp³-hybridized carbons (Fsp3) is 0.280. The van der Waals surface area contributed by atoms with Crippen LogP contribution in [0.2, 0.25) is 0 Å². The number of nitrogens with zero attached hydrogens (tertiary/aromatic N) is 5. The lowest BCUT2D eigenvalue weighted by Gasteiger charge is -2.26. The Morgan fingerprint density at radius 2 is 1.97 bits per heavy atom. The van der Waals surface area contributed by atoms with Crippen LogP contribution in [0.25, 0.3) is 0 Å². The molecule has 0 saturated heterocycles. The van der Waals surface area contributed by atoms with Gasteiger partial charge in [0, 0.05) is 35.7 Å². The number of hydrogen-bond donors (Lipinski definition) is 1. The summed E-state index contributed by atoms with van der Waals surface area (Å²) in [5.41, 5.74) is 3.55. The van der Waals surface area contributed by atoms with Crippen molar-refractivity contribution in [1.82, 2.24) is 10.3 Å². The number of fused-ring (bicyclic) bond motifs is 1. The molecule has 0 fully saturated rings. The van der Waals surface area contributed by atoms with Gasteiger partial charge in [-0.2, -0.15) is 5.10 Å². The number of carbonyl (C=O) groups excluding carboxylic acids is 1. The van der Waals surface area contributed by atoms with Crippen molar-refractivity contribution in [2.24, 2.45) is 15.4 Å². The van der Waals surface area contributed by atoms with Crippen molar-refractivity contribution in [3.05, 3.63) is 70.3 Å². The van der Waals surface area contributed by atoms with E-state index in [2.05, 4.69) is 32.6 Å². The number of thioether (sulfide) groups is 1. The third-order valence-corrected chi connectivity index (χ3v) is 6.85. The molecule has 2 aromatic rings. The smallest absolute Gasteiger partial charge is 0.273 e. The summed E-state index contributed by atoms with van der Waals surface area (Å²) >= 11 is 1.73. The lowest BCUT2D eigenvalue weighted by atomic mass is 10.0. The molecule has 0 aromatic heterocycles. The molecule has 2 aromatic carbocycles. The highest BCUT2D eigenvalue weighted by Crippen LogP contribution is 2.45. The van der Waals surface area contributed by atoms with Crippen molar-refractivity contribution in [2.45, 2.75) is 25.4 Å². The molecule has 2 aliphatic heterocycles. The highest BCUT2D eigenvalue weighted by molar-refractivity contribution is 8.04. The summed E-state index contributed by atoms with van der Waals surface area (Å²) in [7, 11) is 4.60. The van der Waals surface area contributed by atoms with Gasteiger partial charge in [-0.15, -0.1) is 0 Å². The van der Waals surface area contributed by atoms with Gasteiger partial charge in [0.2, 0.25) is 0 Å². The molecule has 0 bridgehead atoms. The number of methoxy groups -OCH3 is 1. The predicted molar refractivity (Wildman–Crippen MR) is 142 cm³/mol. The molecular formula is C25H28N6O4S. The number of benzene rings is 2. The highest BCUT2D eigenvalue weighted by Gasteiger charge is 2.39. The summed E-state index contributed by atoms with van der Waals surface area (Å²) in [5.74, 6) is 0.444. The molecule has 4 rings (SSSR count). The quantitative estimate of drug-likeness (QED) is 0.386. The van der Waals surface area contributed by atoms with Gasteiger partial charge >= 0.3 is 0 Å². The molecule has 0 saturated carbocycles. The van der Waals surface area contributed by atoms with Crippen molar-refractivity contribution >= 4 is 41.6 Å². The van der Waals surface area contributed by atoms with E-state index in [-0.39, 0.29) is 23.7 Å². The first kappa shape index (κ1) is 25.1. The van der Waals surface area contributed by atoms with Gasteiger partial charge < -0.3 is 19.7 Å². The van der Waals surface area contributed by atoms with E-state index in [4.69, 9.17) is 14.4 Å². The monoisotopic (exact) mass is 508 g/mol. The number of para-hydroxylation sites is 2. The molecule has 188 valence electrons. The van der Waals surface area contributed by atoms with Crippen molar-refractivity contribution < 1.29 is 19.2 Å². The maximum Gasteiger partial charge on any atom is 0.273 e. The molecule has 36 heavy (non-hydrogen) atoms. The fourth-order valence-corrected chi connectivity index (χ4v) is 5.08. The summed E-state index contributed by atoms with van der Waals surface area (Å²) in [6.45, 7) is 2.25.